The highest BCUT2D eigenvalue weighted by Gasteiger charge is 2.06. The van der Waals surface area contributed by atoms with Gasteiger partial charge in [-0.3, -0.25) is 0 Å². The third-order valence-electron chi connectivity index (χ3n) is 1.11. The van der Waals surface area contributed by atoms with E-state index in [1.54, 1.807) is 7.05 Å². The number of halogens is 1. The maximum Gasteiger partial charge on any atom is 0.410 e. The van der Waals surface area contributed by atoms with Gasteiger partial charge in [0.1, 0.15) is 0 Å². The first-order valence-electron chi connectivity index (χ1n) is 3.38. The Bertz CT molecular complexity index is 197. The van der Waals surface area contributed by atoms with E-state index >= 15 is 0 Å². The number of amides is 1. The Morgan fingerprint density at radius 2 is 2.42 bits per heavy atom. The zero-order valence-corrected chi connectivity index (χ0v) is 8.43. The molecule has 0 aliphatic heterocycles. The minimum absolute atomic E-state index is 0.0962. The second-order valence-corrected chi connectivity index (χ2v) is 2.43. The lowest BCUT2D eigenvalue weighted by Gasteiger charge is -2.14. The normalized spacial score (nSPS) is 8.25. The Labute approximate surface area is 80.2 Å². The SMILES string of the molecule is CN(CCN)C(=O)OCC#CBr. The third kappa shape index (κ3) is 4.99. The first kappa shape index (κ1) is 11.3. The van der Waals surface area contributed by atoms with Crippen LogP contribution in [0.4, 0.5) is 4.79 Å². The molecule has 0 spiro atoms. The summed E-state index contributed by atoms with van der Waals surface area (Å²) in [6, 6.07) is 0. The van der Waals surface area contributed by atoms with Crippen LogP contribution < -0.4 is 5.73 Å². The second-order valence-electron chi connectivity index (χ2n) is 2.04. The fourth-order valence-electron chi connectivity index (χ4n) is 0.520. The highest BCUT2D eigenvalue weighted by atomic mass is 79.9. The zero-order valence-electron chi connectivity index (χ0n) is 6.84. The lowest BCUT2D eigenvalue weighted by atomic mass is 10.6. The molecule has 0 fully saturated rings. The summed E-state index contributed by atoms with van der Waals surface area (Å²) in [6.45, 7) is 1.01. The Morgan fingerprint density at radius 3 is 2.92 bits per heavy atom. The zero-order chi connectivity index (χ0) is 9.40. The molecule has 0 saturated heterocycles. The molecule has 68 valence electrons. The number of hydrogen-bond donors (Lipinski definition) is 1. The fraction of sp³-hybridized carbons (Fsp3) is 0.571. The summed E-state index contributed by atoms with van der Waals surface area (Å²) in [5.74, 6) is 2.54. The van der Waals surface area contributed by atoms with E-state index in [1.807, 2.05) is 0 Å². The van der Waals surface area contributed by atoms with E-state index in [0.717, 1.165) is 0 Å². The quantitative estimate of drug-likeness (QED) is 0.719. The molecule has 0 saturated carbocycles. The van der Waals surface area contributed by atoms with Gasteiger partial charge in [0.05, 0.1) is 0 Å². The van der Waals surface area contributed by atoms with Gasteiger partial charge in [0, 0.05) is 36.1 Å². The topological polar surface area (TPSA) is 55.6 Å². The van der Waals surface area contributed by atoms with Crippen LogP contribution in [-0.4, -0.2) is 37.7 Å². The number of carbonyl (C=O) groups excluding carboxylic acids is 1. The maximum absolute atomic E-state index is 11.0. The number of likely N-dealkylation sites (N-methyl/N-ethyl adjacent to an activating group) is 1. The van der Waals surface area contributed by atoms with E-state index in [4.69, 9.17) is 10.5 Å². The number of hydrogen-bond acceptors (Lipinski definition) is 3. The van der Waals surface area contributed by atoms with E-state index in [1.165, 1.54) is 4.90 Å². The van der Waals surface area contributed by atoms with Crippen LogP contribution >= 0.6 is 15.9 Å². The fourth-order valence-corrected chi connectivity index (χ4v) is 0.635. The molecular formula is C7H11BrN2O2. The summed E-state index contributed by atoms with van der Waals surface area (Å²) in [5, 5.41) is 0. The minimum atomic E-state index is -0.407. The number of rotatable bonds is 3. The monoisotopic (exact) mass is 234 g/mol. The molecule has 0 aliphatic rings. The smallest absolute Gasteiger partial charge is 0.410 e. The van der Waals surface area contributed by atoms with Gasteiger partial charge in [0.15, 0.2) is 6.61 Å². The Hall–Kier alpha value is -0.730. The lowest BCUT2D eigenvalue weighted by Crippen LogP contribution is -2.32. The summed E-state index contributed by atoms with van der Waals surface area (Å²) in [5.41, 5.74) is 5.24. The molecule has 0 aromatic carbocycles. The molecule has 1 amide bonds. The van der Waals surface area contributed by atoms with Crippen LogP contribution in [0.25, 0.3) is 0 Å². The van der Waals surface area contributed by atoms with Gasteiger partial charge in [0.2, 0.25) is 0 Å². The summed E-state index contributed by atoms with van der Waals surface area (Å²) in [4.78, 5) is 14.8. The molecule has 4 nitrogen and oxygen atoms in total. The number of nitrogens with two attached hydrogens (primary N) is 1. The molecule has 12 heavy (non-hydrogen) atoms. The molecule has 0 radical (unpaired) electrons. The molecule has 0 aromatic heterocycles. The molecule has 0 bridgehead atoms. The standard InChI is InChI=1S/C7H11BrN2O2/c1-10(5-4-9)7(11)12-6-2-3-8/h4-6,9H2,1H3. The van der Waals surface area contributed by atoms with Crippen molar-refractivity contribution >= 4 is 22.0 Å². The Kier molecular flexibility index (Phi) is 6.53. The molecule has 2 N–H and O–H groups in total. The summed E-state index contributed by atoms with van der Waals surface area (Å²) >= 11 is 2.88. The van der Waals surface area contributed by atoms with E-state index < -0.39 is 6.09 Å². The van der Waals surface area contributed by atoms with Crippen molar-refractivity contribution in [1.82, 2.24) is 4.90 Å². The second kappa shape index (κ2) is 6.95. The van der Waals surface area contributed by atoms with Crippen LogP contribution in [0.2, 0.25) is 0 Å². The van der Waals surface area contributed by atoms with Gasteiger partial charge in [-0.05, 0) is 10.8 Å². The molecule has 0 heterocycles. The van der Waals surface area contributed by atoms with Gasteiger partial charge < -0.3 is 15.4 Å². The van der Waals surface area contributed by atoms with Crippen molar-refractivity contribution in [1.29, 1.82) is 0 Å². The molecule has 0 rings (SSSR count). The van der Waals surface area contributed by atoms with Crippen LogP contribution in [0, 0.1) is 10.8 Å². The predicted molar refractivity (Wildman–Crippen MR) is 49.7 cm³/mol. The van der Waals surface area contributed by atoms with Crippen molar-refractivity contribution in [3.8, 4) is 10.8 Å². The van der Waals surface area contributed by atoms with Gasteiger partial charge in [-0.2, -0.15) is 0 Å². The van der Waals surface area contributed by atoms with Crippen LogP contribution in [0.1, 0.15) is 0 Å². The first-order valence-corrected chi connectivity index (χ1v) is 4.18. The molecule has 0 atom stereocenters. The average Bonchev–Trinajstić information content (AvgIpc) is 2.05. The van der Waals surface area contributed by atoms with E-state index in [2.05, 4.69) is 26.7 Å². The highest BCUT2D eigenvalue weighted by molar-refractivity contribution is 9.12. The van der Waals surface area contributed by atoms with Gasteiger partial charge in [0.25, 0.3) is 0 Å². The number of nitrogens with zero attached hydrogens (tertiary/aromatic N) is 1. The van der Waals surface area contributed by atoms with E-state index in [-0.39, 0.29) is 6.61 Å². The van der Waals surface area contributed by atoms with Gasteiger partial charge >= 0.3 is 6.09 Å². The highest BCUT2D eigenvalue weighted by Crippen LogP contribution is 1.87. The summed E-state index contributed by atoms with van der Waals surface area (Å²) in [7, 11) is 1.62. The molecule has 0 aromatic rings. The third-order valence-corrected chi connectivity index (χ3v) is 1.39. The van der Waals surface area contributed by atoms with Crippen molar-refractivity contribution < 1.29 is 9.53 Å². The Morgan fingerprint density at radius 1 is 1.75 bits per heavy atom. The molecule has 0 aliphatic carbocycles. The molecular weight excluding hydrogens is 224 g/mol. The number of ether oxygens (including phenoxy) is 1. The number of carbonyl (C=O) groups is 1. The van der Waals surface area contributed by atoms with E-state index in [9.17, 15) is 4.79 Å². The van der Waals surface area contributed by atoms with Crippen LogP contribution in [0.3, 0.4) is 0 Å². The van der Waals surface area contributed by atoms with Crippen molar-refractivity contribution in [2.45, 2.75) is 0 Å². The molecule has 0 unspecified atom stereocenters. The van der Waals surface area contributed by atoms with Crippen molar-refractivity contribution in [2.75, 3.05) is 26.7 Å². The van der Waals surface area contributed by atoms with Crippen LogP contribution in [-0.2, 0) is 4.74 Å². The van der Waals surface area contributed by atoms with Gasteiger partial charge in [-0.15, -0.1) is 0 Å². The average molecular weight is 235 g/mol. The van der Waals surface area contributed by atoms with Crippen LogP contribution in [0.15, 0.2) is 0 Å². The van der Waals surface area contributed by atoms with Crippen molar-refractivity contribution in [3.05, 3.63) is 0 Å². The summed E-state index contributed by atoms with van der Waals surface area (Å²) < 4.78 is 4.72. The molecule has 5 heteroatoms. The van der Waals surface area contributed by atoms with Gasteiger partial charge in [-0.25, -0.2) is 4.79 Å². The maximum atomic E-state index is 11.0. The van der Waals surface area contributed by atoms with Crippen molar-refractivity contribution in [3.63, 3.8) is 0 Å². The summed E-state index contributed by atoms with van der Waals surface area (Å²) in [6.07, 6.45) is -0.407. The lowest BCUT2D eigenvalue weighted by molar-refractivity contribution is 0.124. The Balaban J connectivity index is 3.61. The first-order chi connectivity index (χ1) is 5.72. The van der Waals surface area contributed by atoms with E-state index in [0.29, 0.717) is 13.1 Å². The largest absolute Gasteiger partial charge is 0.436 e. The predicted octanol–water partition coefficient (Wildman–Crippen LogP) is 0.369. The van der Waals surface area contributed by atoms with Gasteiger partial charge in [-0.1, -0.05) is 0 Å². The minimum Gasteiger partial charge on any atom is -0.436 e. The van der Waals surface area contributed by atoms with Crippen LogP contribution in [0.5, 0.6) is 0 Å². The van der Waals surface area contributed by atoms with Crippen molar-refractivity contribution in [2.24, 2.45) is 5.73 Å².